The minimum atomic E-state index is 0.434. The quantitative estimate of drug-likeness (QED) is 0.898. The maximum Gasteiger partial charge on any atom is 0.107 e. The van der Waals surface area contributed by atoms with Crippen LogP contribution in [-0.4, -0.2) is 24.0 Å². The maximum atomic E-state index is 6.15. The second kappa shape index (κ2) is 4.82. The Kier molecular flexibility index (Phi) is 3.52. The van der Waals surface area contributed by atoms with E-state index < -0.39 is 0 Å². The molecule has 2 aliphatic rings. The third-order valence-electron chi connectivity index (χ3n) is 4.06. The monoisotopic (exact) mass is 334 g/mol. The molecule has 2 fully saturated rings. The molecule has 5 heteroatoms. The molecule has 2 N–H and O–H groups in total. The molecule has 2 nitrogen and oxygen atoms in total. The summed E-state index contributed by atoms with van der Waals surface area (Å²) in [5, 5.41) is 0. The molecule has 3 atom stereocenters. The van der Waals surface area contributed by atoms with E-state index >= 15 is 0 Å². The van der Waals surface area contributed by atoms with Gasteiger partial charge in [0, 0.05) is 35.0 Å². The van der Waals surface area contributed by atoms with E-state index in [1.165, 1.54) is 30.8 Å². The Morgan fingerprint density at radius 2 is 2.29 bits per heavy atom. The number of rotatable bonds is 2. The van der Waals surface area contributed by atoms with Crippen LogP contribution in [0.1, 0.15) is 17.7 Å². The van der Waals surface area contributed by atoms with Crippen LogP contribution in [0.2, 0.25) is 4.34 Å². The minimum absolute atomic E-state index is 0.434. The van der Waals surface area contributed by atoms with Crippen LogP contribution in [-0.2, 0) is 6.54 Å². The fourth-order valence-corrected chi connectivity index (χ4v) is 5.05. The van der Waals surface area contributed by atoms with Crippen molar-refractivity contribution < 1.29 is 0 Å². The lowest BCUT2D eigenvalue weighted by Crippen LogP contribution is -2.30. The van der Waals surface area contributed by atoms with Crippen molar-refractivity contribution in [2.24, 2.45) is 17.6 Å². The molecular formula is C12H16BrClN2S. The number of fused-ring (bicyclic) bond motifs is 1. The SMILES string of the molecule is NC1CCC2CN(Cc3cc(Br)c(Cl)s3)CC12. The third-order valence-corrected chi connectivity index (χ3v) is 6.52. The van der Waals surface area contributed by atoms with Crippen LogP contribution in [0.25, 0.3) is 0 Å². The van der Waals surface area contributed by atoms with E-state index in [-0.39, 0.29) is 0 Å². The zero-order valence-electron chi connectivity index (χ0n) is 9.53. The first-order valence-corrected chi connectivity index (χ1v) is 8.04. The van der Waals surface area contributed by atoms with E-state index in [0.29, 0.717) is 6.04 Å². The van der Waals surface area contributed by atoms with E-state index in [4.69, 9.17) is 17.3 Å². The summed E-state index contributed by atoms with van der Waals surface area (Å²) in [6.07, 6.45) is 2.54. The predicted octanol–water partition coefficient (Wildman–Crippen LogP) is 3.33. The average Bonchev–Trinajstić information content (AvgIpc) is 2.89. The second-order valence-electron chi connectivity index (χ2n) is 5.19. The lowest BCUT2D eigenvalue weighted by Gasteiger charge is -2.17. The van der Waals surface area contributed by atoms with Crippen molar-refractivity contribution in [3.63, 3.8) is 0 Å². The number of hydrogen-bond acceptors (Lipinski definition) is 3. The summed E-state index contributed by atoms with van der Waals surface area (Å²) >= 11 is 11.2. The molecule has 1 aromatic rings. The highest BCUT2D eigenvalue weighted by Crippen LogP contribution is 2.39. The minimum Gasteiger partial charge on any atom is -0.327 e. The van der Waals surface area contributed by atoms with Gasteiger partial charge in [-0.2, -0.15) is 0 Å². The van der Waals surface area contributed by atoms with E-state index in [2.05, 4.69) is 26.9 Å². The van der Waals surface area contributed by atoms with Gasteiger partial charge in [-0.05, 0) is 46.7 Å². The van der Waals surface area contributed by atoms with Crippen molar-refractivity contribution in [1.29, 1.82) is 0 Å². The second-order valence-corrected chi connectivity index (χ2v) is 7.79. The topological polar surface area (TPSA) is 29.3 Å². The molecular weight excluding hydrogens is 320 g/mol. The van der Waals surface area contributed by atoms with Gasteiger partial charge in [-0.25, -0.2) is 0 Å². The lowest BCUT2D eigenvalue weighted by molar-refractivity contribution is 0.300. The highest BCUT2D eigenvalue weighted by molar-refractivity contribution is 9.10. The van der Waals surface area contributed by atoms with E-state index in [1.54, 1.807) is 11.3 Å². The largest absolute Gasteiger partial charge is 0.327 e. The summed E-state index contributed by atoms with van der Waals surface area (Å²) in [6.45, 7) is 3.40. The Bertz CT molecular complexity index is 403. The van der Waals surface area contributed by atoms with Gasteiger partial charge in [-0.1, -0.05) is 11.6 Å². The van der Waals surface area contributed by atoms with Gasteiger partial charge in [0.2, 0.25) is 0 Å². The molecule has 0 spiro atoms. The molecule has 3 unspecified atom stereocenters. The van der Waals surface area contributed by atoms with Crippen molar-refractivity contribution in [3.8, 4) is 0 Å². The standard InChI is InChI=1S/C12H16BrClN2S/c13-10-3-8(17-12(10)14)5-16-4-7-1-2-11(15)9(7)6-16/h3,7,9,11H,1-2,4-6,15H2. The fourth-order valence-electron chi connectivity index (χ4n) is 3.22. The molecule has 1 aliphatic carbocycles. The Labute approximate surface area is 119 Å². The van der Waals surface area contributed by atoms with Gasteiger partial charge < -0.3 is 5.73 Å². The van der Waals surface area contributed by atoms with Crippen molar-refractivity contribution in [1.82, 2.24) is 4.90 Å². The number of nitrogens with zero attached hydrogens (tertiary/aromatic N) is 1. The van der Waals surface area contributed by atoms with Crippen LogP contribution in [0.3, 0.4) is 0 Å². The number of halogens is 2. The summed E-state index contributed by atoms with van der Waals surface area (Å²) in [5.41, 5.74) is 6.15. The van der Waals surface area contributed by atoms with Crippen molar-refractivity contribution in [2.45, 2.75) is 25.4 Å². The first kappa shape index (κ1) is 12.4. The zero-order chi connectivity index (χ0) is 12.0. The van der Waals surface area contributed by atoms with Crippen molar-refractivity contribution in [2.75, 3.05) is 13.1 Å². The molecule has 3 rings (SSSR count). The van der Waals surface area contributed by atoms with Crippen LogP contribution in [0.15, 0.2) is 10.5 Å². The van der Waals surface area contributed by atoms with E-state index in [0.717, 1.165) is 27.2 Å². The Morgan fingerprint density at radius 3 is 2.94 bits per heavy atom. The van der Waals surface area contributed by atoms with Crippen molar-refractivity contribution in [3.05, 3.63) is 19.8 Å². The maximum absolute atomic E-state index is 6.15. The highest BCUT2D eigenvalue weighted by atomic mass is 79.9. The molecule has 94 valence electrons. The van der Waals surface area contributed by atoms with E-state index in [9.17, 15) is 0 Å². The van der Waals surface area contributed by atoms with Crippen LogP contribution in [0.4, 0.5) is 0 Å². The molecule has 0 amide bonds. The van der Waals surface area contributed by atoms with E-state index in [1.807, 2.05) is 0 Å². The van der Waals surface area contributed by atoms with Gasteiger partial charge in [0.05, 0.1) is 0 Å². The molecule has 0 radical (unpaired) electrons. The highest BCUT2D eigenvalue weighted by Gasteiger charge is 2.40. The smallest absolute Gasteiger partial charge is 0.107 e. The van der Waals surface area contributed by atoms with Gasteiger partial charge in [0.1, 0.15) is 4.34 Å². The molecule has 1 aromatic heterocycles. The Hall–Kier alpha value is 0.390. The predicted molar refractivity (Wildman–Crippen MR) is 76.5 cm³/mol. The molecule has 17 heavy (non-hydrogen) atoms. The zero-order valence-corrected chi connectivity index (χ0v) is 12.7. The van der Waals surface area contributed by atoms with Crippen LogP contribution in [0.5, 0.6) is 0 Å². The van der Waals surface area contributed by atoms with Gasteiger partial charge >= 0.3 is 0 Å². The van der Waals surface area contributed by atoms with Gasteiger partial charge in [-0.15, -0.1) is 11.3 Å². The Morgan fingerprint density at radius 1 is 1.47 bits per heavy atom. The third kappa shape index (κ3) is 2.43. The number of nitrogens with two attached hydrogens (primary N) is 1. The summed E-state index contributed by atoms with van der Waals surface area (Å²) in [7, 11) is 0. The average molecular weight is 336 g/mol. The van der Waals surface area contributed by atoms with Crippen LogP contribution < -0.4 is 5.73 Å². The normalized spacial score (nSPS) is 33.2. The summed E-state index contributed by atoms with van der Waals surface area (Å²) < 4.78 is 1.88. The van der Waals surface area contributed by atoms with Gasteiger partial charge in [-0.3, -0.25) is 4.90 Å². The van der Waals surface area contributed by atoms with Crippen molar-refractivity contribution >= 4 is 38.9 Å². The summed E-state index contributed by atoms with van der Waals surface area (Å²) in [4.78, 5) is 3.87. The van der Waals surface area contributed by atoms with Crippen LogP contribution in [0, 0.1) is 11.8 Å². The molecule has 0 bridgehead atoms. The number of likely N-dealkylation sites (tertiary alicyclic amines) is 1. The van der Waals surface area contributed by atoms with Gasteiger partial charge in [0.25, 0.3) is 0 Å². The first-order valence-electron chi connectivity index (χ1n) is 6.05. The summed E-state index contributed by atoms with van der Waals surface area (Å²) in [6, 6.07) is 2.57. The van der Waals surface area contributed by atoms with Crippen LogP contribution >= 0.6 is 38.9 Å². The lowest BCUT2D eigenvalue weighted by atomic mass is 9.98. The molecule has 0 aromatic carbocycles. The number of hydrogen-bond donors (Lipinski definition) is 1. The first-order chi connectivity index (χ1) is 8.13. The molecule has 1 saturated carbocycles. The Balaban J connectivity index is 1.64. The van der Waals surface area contributed by atoms with Gasteiger partial charge in [0.15, 0.2) is 0 Å². The molecule has 1 aliphatic heterocycles. The summed E-state index contributed by atoms with van der Waals surface area (Å²) in [5.74, 6) is 1.57. The number of thiophene rings is 1. The fraction of sp³-hybridized carbons (Fsp3) is 0.667. The molecule has 2 heterocycles. The molecule has 1 saturated heterocycles.